The molecule has 0 aliphatic rings. The van der Waals surface area contributed by atoms with Crippen molar-refractivity contribution in [2.75, 3.05) is 0 Å². The summed E-state index contributed by atoms with van der Waals surface area (Å²) in [4.78, 5) is 0. The number of aryl methyl sites for hydroxylation is 2. The zero-order chi connectivity index (χ0) is 47.5. The van der Waals surface area contributed by atoms with Gasteiger partial charge in [-0.2, -0.15) is 12.1 Å². The Morgan fingerprint density at radius 2 is 0.894 bits per heavy atom. The monoisotopic (exact) mass is 996 g/mol. The zero-order valence-electron chi connectivity index (χ0n) is 40.4. The van der Waals surface area contributed by atoms with Gasteiger partial charge in [0.25, 0.3) is 0 Å². The van der Waals surface area contributed by atoms with Gasteiger partial charge in [0, 0.05) is 14.9 Å². The van der Waals surface area contributed by atoms with Crippen LogP contribution in [0.15, 0.2) is 194 Å². The molecule has 4 heteroatoms. The van der Waals surface area contributed by atoms with Gasteiger partial charge >= 0.3 is 37.9 Å². The van der Waals surface area contributed by atoms with E-state index in [9.17, 15) is 0 Å². The number of halogens is 2. The van der Waals surface area contributed by atoms with Gasteiger partial charge in [0.2, 0.25) is 0 Å². The van der Waals surface area contributed by atoms with Crippen LogP contribution in [0.2, 0.25) is 13.1 Å². The minimum atomic E-state index is -0.826. The molecule has 0 nitrogen and oxygen atoms in total. The van der Waals surface area contributed by atoms with E-state index in [2.05, 4.69) is 263 Å². The molecule has 9 aromatic rings. The molecule has 0 heterocycles. The van der Waals surface area contributed by atoms with Crippen molar-refractivity contribution in [3.05, 3.63) is 239 Å². The first-order chi connectivity index (χ1) is 31.6. The first kappa shape index (κ1) is 50.8. The second kappa shape index (κ2) is 23.0. The van der Waals surface area contributed by atoms with Crippen LogP contribution < -0.4 is 0 Å². The maximum atomic E-state index is 4.93. The summed E-state index contributed by atoms with van der Waals surface area (Å²) in [6.07, 6.45) is 0.877. The summed E-state index contributed by atoms with van der Waals surface area (Å²) < 4.78 is 0. The molecule has 66 heavy (non-hydrogen) atoms. The Balaban J connectivity index is 0.000000224. The summed E-state index contributed by atoms with van der Waals surface area (Å²) >= 11 is -0.826. The van der Waals surface area contributed by atoms with Crippen molar-refractivity contribution < 1.29 is 20.8 Å². The topological polar surface area (TPSA) is 0 Å². The van der Waals surface area contributed by atoms with Gasteiger partial charge in [-0.15, -0.1) is 68.6 Å². The second-order valence-corrected chi connectivity index (χ2v) is 24.1. The summed E-state index contributed by atoms with van der Waals surface area (Å²) in [6, 6.07) is 71.8. The molecule has 0 amide bonds. The third-order valence-corrected chi connectivity index (χ3v) is 12.5. The van der Waals surface area contributed by atoms with E-state index in [1.54, 1.807) is 0 Å². The van der Waals surface area contributed by atoms with E-state index in [0.717, 1.165) is 15.9 Å². The van der Waals surface area contributed by atoms with Crippen LogP contribution >= 0.6 is 17.0 Å². The molecule has 9 aromatic carbocycles. The summed E-state index contributed by atoms with van der Waals surface area (Å²) in [5.74, 6) is 0. The summed E-state index contributed by atoms with van der Waals surface area (Å²) in [7, 11) is 11.0. The number of rotatable bonds is 7. The number of benzene rings is 7. The molecule has 0 saturated carbocycles. The van der Waals surface area contributed by atoms with Gasteiger partial charge < -0.3 is 0 Å². The third kappa shape index (κ3) is 12.1. The van der Waals surface area contributed by atoms with Crippen LogP contribution in [0.25, 0.3) is 43.8 Å². The Hall–Kier alpha value is -4.56. The van der Waals surface area contributed by atoms with Gasteiger partial charge in [-0.3, -0.25) is 0 Å². The summed E-state index contributed by atoms with van der Waals surface area (Å²) in [5.41, 5.74) is 16.0. The van der Waals surface area contributed by atoms with E-state index >= 15 is 0 Å². The SMILES string of the molecule is CC(C)(C)c1ccc(-c2cccc3[cH-]c(CC(c4ccccc4)(c4ccccc4)c4ccccc4)cc23)cc1.C[Si]C.Cc1cc2c(-c3ccc(C(C)(C)C)cc3)ccc(C)c2[cH-]1.[Cl][Zr+2][Cl]. The first-order valence-corrected chi connectivity index (χ1v) is 31.3. The fourth-order valence-corrected chi connectivity index (χ4v) is 9.07. The van der Waals surface area contributed by atoms with E-state index < -0.39 is 20.8 Å². The van der Waals surface area contributed by atoms with Gasteiger partial charge in [-0.25, -0.2) is 0 Å². The zero-order valence-corrected chi connectivity index (χ0v) is 45.4. The predicted octanol–water partition coefficient (Wildman–Crippen LogP) is 18.4. The standard InChI is InChI=1S/C39H35.C21H23.C2H6Si.2ClH.Zr/c1-38(2,3)32-24-22-30(23-25-32)36-21-13-14-31-26-29(27-37(31)36)28-39(33-15-7-4-8-16-33,34-17-9-5-10-18-34)35-19-11-6-12-20-35;1-14-12-19-15(2)6-11-18(20(19)13-14)16-7-9-17(10-8-16)21(3,4)5;1-3-2;;;/h4-27H,28H2,1-3H3;6-13H,1-5H3;1-2H3;2*1H;/q2*-1;;;;+4/p-2. The van der Waals surface area contributed by atoms with Crippen molar-refractivity contribution >= 4 is 48.1 Å². The van der Waals surface area contributed by atoms with E-state index in [-0.39, 0.29) is 16.2 Å². The van der Waals surface area contributed by atoms with Crippen LogP contribution in [-0.2, 0) is 43.5 Å². The van der Waals surface area contributed by atoms with Gasteiger partial charge in [0.1, 0.15) is 0 Å². The van der Waals surface area contributed by atoms with Crippen molar-refractivity contribution in [3.8, 4) is 22.3 Å². The second-order valence-electron chi connectivity index (χ2n) is 19.4. The molecule has 0 fully saturated rings. The van der Waals surface area contributed by atoms with Gasteiger partial charge in [-0.05, 0) is 56.2 Å². The Labute approximate surface area is 417 Å². The average molecular weight is 999 g/mol. The maximum absolute atomic E-state index is 4.93. The average Bonchev–Trinajstić information content (AvgIpc) is 3.93. The van der Waals surface area contributed by atoms with Crippen LogP contribution in [-0.4, -0.2) is 9.52 Å². The number of hydrogen-bond acceptors (Lipinski definition) is 0. The van der Waals surface area contributed by atoms with Crippen molar-refractivity contribution in [1.82, 2.24) is 0 Å². The van der Waals surface area contributed by atoms with E-state index in [1.165, 1.54) is 88.3 Å². The molecule has 0 bridgehead atoms. The van der Waals surface area contributed by atoms with E-state index in [1.807, 2.05) is 0 Å². The van der Waals surface area contributed by atoms with Crippen LogP contribution in [0.1, 0.15) is 86.1 Å². The normalized spacial score (nSPS) is 11.4. The number of fused-ring (bicyclic) bond motifs is 2. The molecule has 334 valence electrons. The van der Waals surface area contributed by atoms with Crippen molar-refractivity contribution in [3.63, 3.8) is 0 Å². The number of hydrogen-bond donors (Lipinski definition) is 0. The fraction of sp³-hybridized carbons (Fsp3) is 0.226. The van der Waals surface area contributed by atoms with Crippen LogP contribution in [0.3, 0.4) is 0 Å². The first-order valence-electron chi connectivity index (χ1n) is 22.9. The Morgan fingerprint density at radius 3 is 1.32 bits per heavy atom. The van der Waals surface area contributed by atoms with Gasteiger partial charge in [0.15, 0.2) is 0 Å². The molecular formula is C62H64Cl2SiZr. The van der Waals surface area contributed by atoms with Gasteiger partial charge in [-0.1, -0.05) is 231 Å². The molecule has 0 aliphatic heterocycles. The molecular weight excluding hydrogens is 935 g/mol. The molecule has 0 spiro atoms. The van der Waals surface area contributed by atoms with Gasteiger partial charge in [0.05, 0.1) is 0 Å². The minimum absolute atomic E-state index is 0.146. The molecule has 2 radical (unpaired) electrons. The fourth-order valence-electron chi connectivity index (χ4n) is 9.07. The van der Waals surface area contributed by atoms with Crippen LogP contribution in [0.4, 0.5) is 0 Å². The Bertz CT molecular complexity index is 2780. The van der Waals surface area contributed by atoms with Crippen LogP contribution in [0.5, 0.6) is 0 Å². The van der Waals surface area contributed by atoms with Crippen molar-refractivity contribution in [2.45, 2.75) is 91.1 Å². The summed E-state index contributed by atoms with van der Waals surface area (Å²) in [6.45, 7) is 22.2. The molecule has 9 rings (SSSR count). The molecule has 0 saturated heterocycles. The quantitative estimate of drug-likeness (QED) is 0.0848. The van der Waals surface area contributed by atoms with Crippen LogP contribution in [0, 0.1) is 13.8 Å². The molecule has 0 N–H and O–H groups in total. The Kier molecular flexibility index (Phi) is 17.7. The third-order valence-electron chi connectivity index (χ3n) is 12.5. The van der Waals surface area contributed by atoms with Crippen molar-refractivity contribution in [1.29, 1.82) is 0 Å². The molecule has 0 atom stereocenters. The molecule has 0 aromatic heterocycles. The Morgan fingerprint density at radius 1 is 0.470 bits per heavy atom. The van der Waals surface area contributed by atoms with E-state index in [4.69, 9.17) is 17.0 Å². The molecule has 0 unspecified atom stereocenters. The molecule has 0 aliphatic carbocycles. The summed E-state index contributed by atoms with van der Waals surface area (Å²) in [5, 5.41) is 5.37. The predicted molar refractivity (Wildman–Crippen MR) is 289 cm³/mol. The van der Waals surface area contributed by atoms with Crippen molar-refractivity contribution in [2.24, 2.45) is 0 Å². The van der Waals surface area contributed by atoms with E-state index in [0.29, 0.717) is 0 Å².